The molecule has 3 N–H and O–H groups in total. The molecule has 0 fully saturated rings. The summed E-state index contributed by atoms with van der Waals surface area (Å²) in [6.07, 6.45) is 2.02. The minimum atomic E-state index is 0.690. The zero-order valence-electron chi connectivity index (χ0n) is 13.1. The molecule has 0 saturated carbocycles. The van der Waals surface area contributed by atoms with Crippen LogP contribution in [0.3, 0.4) is 0 Å². The predicted molar refractivity (Wildman–Crippen MR) is 97.6 cm³/mol. The summed E-state index contributed by atoms with van der Waals surface area (Å²) in [5.41, 5.74) is 8.33. The number of hydrogen-bond donors (Lipinski definition) is 2. The minimum Gasteiger partial charge on any atom is -0.497 e. The molecule has 0 spiro atoms. The molecule has 0 unspecified atom stereocenters. The van der Waals surface area contributed by atoms with E-state index in [-0.39, 0.29) is 0 Å². The van der Waals surface area contributed by atoms with Crippen molar-refractivity contribution in [2.24, 2.45) is 5.73 Å². The molecule has 0 aliphatic heterocycles. The van der Waals surface area contributed by atoms with Gasteiger partial charge < -0.3 is 15.8 Å². The number of ether oxygens (including phenoxy) is 1. The lowest BCUT2D eigenvalue weighted by Gasteiger charge is -2.12. The Labute approximate surface area is 140 Å². The SMILES string of the molecule is COc1cc(NCCCCN)c2nc3cc(Cl)ccc3cc2c1. The first-order chi connectivity index (χ1) is 11.2. The highest BCUT2D eigenvalue weighted by molar-refractivity contribution is 6.31. The first-order valence-electron chi connectivity index (χ1n) is 7.73. The molecule has 0 radical (unpaired) electrons. The summed E-state index contributed by atoms with van der Waals surface area (Å²) < 4.78 is 5.41. The van der Waals surface area contributed by atoms with Gasteiger partial charge in [-0.05, 0) is 43.7 Å². The quantitative estimate of drug-likeness (QED) is 0.525. The van der Waals surface area contributed by atoms with Crippen molar-refractivity contribution < 1.29 is 4.74 Å². The van der Waals surface area contributed by atoms with Crippen LogP contribution in [0.15, 0.2) is 36.4 Å². The topological polar surface area (TPSA) is 60.2 Å². The largest absolute Gasteiger partial charge is 0.497 e. The molecular weight excluding hydrogens is 310 g/mol. The standard InChI is InChI=1S/C18H20ClN3O/c1-23-15-9-13-8-12-4-5-14(19)10-16(12)22-18(13)17(11-15)21-7-3-2-6-20/h4-5,8-11,21H,2-3,6-7,20H2,1H3. The van der Waals surface area contributed by atoms with Crippen molar-refractivity contribution in [2.45, 2.75) is 12.8 Å². The molecule has 23 heavy (non-hydrogen) atoms. The normalized spacial score (nSPS) is 11.1. The Morgan fingerprint density at radius 2 is 2.00 bits per heavy atom. The fraction of sp³-hybridized carbons (Fsp3) is 0.278. The molecule has 0 saturated heterocycles. The number of aromatic nitrogens is 1. The van der Waals surface area contributed by atoms with Crippen LogP contribution in [0.1, 0.15) is 12.8 Å². The summed E-state index contributed by atoms with van der Waals surface area (Å²) in [5, 5.41) is 6.24. The monoisotopic (exact) mass is 329 g/mol. The van der Waals surface area contributed by atoms with Crippen molar-refractivity contribution in [2.75, 3.05) is 25.5 Å². The second-order valence-electron chi connectivity index (χ2n) is 5.49. The van der Waals surface area contributed by atoms with Gasteiger partial charge in [0.05, 0.1) is 23.8 Å². The third-order valence-corrected chi connectivity index (χ3v) is 4.07. The first-order valence-corrected chi connectivity index (χ1v) is 8.11. The van der Waals surface area contributed by atoms with Crippen molar-refractivity contribution in [1.82, 2.24) is 4.98 Å². The highest BCUT2D eigenvalue weighted by Gasteiger charge is 2.08. The Morgan fingerprint density at radius 3 is 2.78 bits per heavy atom. The van der Waals surface area contributed by atoms with E-state index >= 15 is 0 Å². The highest BCUT2D eigenvalue weighted by atomic mass is 35.5. The fourth-order valence-electron chi connectivity index (χ4n) is 2.63. The van der Waals surface area contributed by atoms with Gasteiger partial charge in [-0.3, -0.25) is 0 Å². The molecule has 0 amide bonds. The average Bonchev–Trinajstić information content (AvgIpc) is 2.56. The fourth-order valence-corrected chi connectivity index (χ4v) is 2.80. The number of fused-ring (bicyclic) bond motifs is 2. The third kappa shape index (κ3) is 3.49. The van der Waals surface area contributed by atoms with Crippen molar-refractivity contribution >= 4 is 39.1 Å². The van der Waals surface area contributed by atoms with Crippen LogP contribution in [0.4, 0.5) is 5.69 Å². The molecule has 0 bridgehead atoms. The zero-order valence-corrected chi connectivity index (χ0v) is 13.9. The Hall–Kier alpha value is -2.04. The number of halogens is 1. The van der Waals surface area contributed by atoms with Crippen molar-refractivity contribution in [1.29, 1.82) is 0 Å². The second kappa shape index (κ2) is 7.02. The van der Waals surface area contributed by atoms with Crippen molar-refractivity contribution in [3.8, 4) is 5.75 Å². The Morgan fingerprint density at radius 1 is 1.13 bits per heavy atom. The highest BCUT2D eigenvalue weighted by Crippen LogP contribution is 2.31. The van der Waals surface area contributed by atoms with Crippen LogP contribution in [0, 0.1) is 0 Å². The molecule has 0 aliphatic rings. The van der Waals surface area contributed by atoms with Gasteiger partial charge in [0.1, 0.15) is 5.75 Å². The molecule has 5 heteroatoms. The van der Waals surface area contributed by atoms with Crippen LogP contribution in [0.25, 0.3) is 21.8 Å². The molecular formula is C18H20ClN3O. The maximum Gasteiger partial charge on any atom is 0.121 e. The van der Waals surface area contributed by atoms with E-state index in [9.17, 15) is 0 Å². The maximum absolute atomic E-state index is 6.09. The third-order valence-electron chi connectivity index (χ3n) is 3.83. The van der Waals surface area contributed by atoms with Gasteiger partial charge in [0.2, 0.25) is 0 Å². The maximum atomic E-state index is 6.09. The number of unbranched alkanes of at least 4 members (excludes halogenated alkanes) is 1. The number of hydrogen-bond acceptors (Lipinski definition) is 4. The summed E-state index contributed by atoms with van der Waals surface area (Å²) >= 11 is 6.09. The summed E-state index contributed by atoms with van der Waals surface area (Å²) in [7, 11) is 1.67. The van der Waals surface area contributed by atoms with Crippen molar-refractivity contribution in [3.05, 3.63) is 41.4 Å². The van der Waals surface area contributed by atoms with Gasteiger partial charge in [-0.25, -0.2) is 4.98 Å². The van der Waals surface area contributed by atoms with E-state index in [4.69, 9.17) is 27.1 Å². The molecule has 1 heterocycles. The summed E-state index contributed by atoms with van der Waals surface area (Å²) in [6.45, 7) is 1.57. The molecule has 1 aromatic heterocycles. The average molecular weight is 330 g/mol. The van der Waals surface area contributed by atoms with Gasteiger partial charge in [-0.1, -0.05) is 17.7 Å². The van der Waals surface area contributed by atoms with Gasteiger partial charge in [-0.15, -0.1) is 0 Å². The van der Waals surface area contributed by atoms with Gasteiger partial charge in [0.15, 0.2) is 0 Å². The van der Waals surface area contributed by atoms with E-state index in [1.54, 1.807) is 7.11 Å². The van der Waals surface area contributed by atoms with Gasteiger partial charge in [0, 0.05) is 28.4 Å². The molecule has 2 aromatic carbocycles. The lowest BCUT2D eigenvalue weighted by Crippen LogP contribution is -2.06. The minimum absolute atomic E-state index is 0.690. The second-order valence-corrected chi connectivity index (χ2v) is 5.93. The number of anilines is 1. The van der Waals surface area contributed by atoms with Gasteiger partial charge >= 0.3 is 0 Å². The number of rotatable bonds is 6. The van der Waals surface area contributed by atoms with E-state index in [1.165, 1.54) is 0 Å². The van der Waals surface area contributed by atoms with Crippen LogP contribution < -0.4 is 15.8 Å². The predicted octanol–water partition coefficient (Wildman–Crippen LogP) is 4.20. The van der Waals surface area contributed by atoms with E-state index in [0.717, 1.165) is 52.6 Å². The number of nitrogens with two attached hydrogens (primary N) is 1. The molecule has 0 aliphatic carbocycles. The number of methoxy groups -OCH3 is 1. The van der Waals surface area contributed by atoms with Gasteiger partial charge in [-0.2, -0.15) is 0 Å². The van der Waals surface area contributed by atoms with E-state index < -0.39 is 0 Å². The zero-order chi connectivity index (χ0) is 16.2. The summed E-state index contributed by atoms with van der Waals surface area (Å²) in [6, 6.07) is 11.8. The molecule has 4 nitrogen and oxygen atoms in total. The van der Waals surface area contributed by atoms with Crippen molar-refractivity contribution in [3.63, 3.8) is 0 Å². The van der Waals surface area contributed by atoms with Crippen LogP contribution in [0.5, 0.6) is 5.75 Å². The van der Waals surface area contributed by atoms with Crippen LogP contribution in [0.2, 0.25) is 5.02 Å². The van der Waals surface area contributed by atoms with Crippen LogP contribution in [-0.2, 0) is 0 Å². The Kier molecular flexibility index (Phi) is 4.84. The Balaban J connectivity index is 2.07. The number of benzene rings is 2. The molecule has 0 atom stereocenters. The number of nitrogens with one attached hydrogen (secondary N) is 1. The molecule has 120 valence electrons. The van der Waals surface area contributed by atoms with E-state index in [2.05, 4.69) is 11.4 Å². The number of pyridine rings is 1. The molecule has 3 rings (SSSR count). The van der Waals surface area contributed by atoms with Gasteiger partial charge in [0.25, 0.3) is 0 Å². The first kappa shape index (κ1) is 15.8. The summed E-state index contributed by atoms with van der Waals surface area (Å²) in [4.78, 5) is 4.79. The lowest BCUT2D eigenvalue weighted by molar-refractivity contribution is 0.415. The van der Waals surface area contributed by atoms with E-state index in [1.807, 2.05) is 30.3 Å². The lowest BCUT2D eigenvalue weighted by atomic mass is 10.1. The summed E-state index contributed by atoms with van der Waals surface area (Å²) in [5.74, 6) is 0.814. The smallest absolute Gasteiger partial charge is 0.121 e. The Bertz CT molecular complexity index is 835. The van der Waals surface area contributed by atoms with Crippen LogP contribution in [-0.4, -0.2) is 25.2 Å². The number of nitrogens with zero attached hydrogens (tertiary/aromatic N) is 1. The van der Waals surface area contributed by atoms with Crippen LogP contribution >= 0.6 is 11.6 Å². The van der Waals surface area contributed by atoms with E-state index in [0.29, 0.717) is 11.6 Å². The molecule has 3 aromatic rings.